The lowest BCUT2D eigenvalue weighted by molar-refractivity contribution is 0.188. The zero-order chi connectivity index (χ0) is 17.0. The Morgan fingerprint density at radius 1 is 0.750 bits per heavy atom. The van der Waals surface area contributed by atoms with Crippen LogP contribution in [0.15, 0.2) is 66.7 Å². The van der Waals surface area contributed by atoms with Crippen molar-refractivity contribution >= 4 is 10.8 Å². The molecule has 3 rings (SSSR count). The van der Waals surface area contributed by atoms with Crippen LogP contribution >= 0.6 is 0 Å². The van der Waals surface area contributed by atoms with Gasteiger partial charge in [0.25, 0.3) is 0 Å². The minimum Gasteiger partial charge on any atom is -0.488 e. The van der Waals surface area contributed by atoms with Crippen molar-refractivity contribution in [1.29, 1.82) is 0 Å². The first-order chi connectivity index (χ1) is 11.5. The standard InChI is InChI=1S/C22H24O2/c1-22(2,3)16-24-21-19-12-8-7-11-18(19)13-14-20(21)23-15-17-9-5-4-6-10-17/h4-14H,15-16H2,1-3H3. The van der Waals surface area contributed by atoms with Crippen molar-refractivity contribution in [3.63, 3.8) is 0 Å². The smallest absolute Gasteiger partial charge is 0.169 e. The van der Waals surface area contributed by atoms with Crippen LogP contribution in [0.3, 0.4) is 0 Å². The Morgan fingerprint density at radius 3 is 2.21 bits per heavy atom. The van der Waals surface area contributed by atoms with Gasteiger partial charge in [-0.25, -0.2) is 0 Å². The third-order valence-corrected chi connectivity index (χ3v) is 3.73. The molecule has 124 valence electrons. The van der Waals surface area contributed by atoms with Crippen LogP contribution in [-0.4, -0.2) is 6.61 Å². The number of rotatable bonds is 5. The molecule has 0 aromatic heterocycles. The van der Waals surface area contributed by atoms with Gasteiger partial charge < -0.3 is 9.47 Å². The summed E-state index contributed by atoms with van der Waals surface area (Å²) in [6, 6.07) is 22.5. The van der Waals surface area contributed by atoms with Crippen LogP contribution in [0.4, 0.5) is 0 Å². The summed E-state index contributed by atoms with van der Waals surface area (Å²) in [6.45, 7) is 7.68. The van der Waals surface area contributed by atoms with E-state index in [1.54, 1.807) is 0 Å². The molecule has 0 bridgehead atoms. The lowest BCUT2D eigenvalue weighted by Gasteiger charge is -2.21. The summed E-state index contributed by atoms with van der Waals surface area (Å²) in [6.07, 6.45) is 0. The number of ether oxygens (including phenoxy) is 2. The Morgan fingerprint density at radius 2 is 1.46 bits per heavy atom. The summed E-state index contributed by atoms with van der Waals surface area (Å²) in [4.78, 5) is 0. The number of hydrogen-bond donors (Lipinski definition) is 0. The van der Waals surface area contributed by atoms with Gasteiger partial charge in [-0.1, -0.05) is 81.4 Å². The van der Waals surface area contributed by atoms with E-state index >= 15 is 0 Å². The Labute approximate surface area is 144 Å². The molecule has 0 N–H and O–H groups in total. The molecule has 3 aromatic rings. The number of fused-ring (bicyclic) bond motifs is 1. The summed E-state index contributed by atoms with van der Waals surface area (Å²) in [5.74, 6) is 1.63. The molecule has 24 heavy (non-hydrogen) atoms. The molecule has 0 radical (unpaired) electrons. The Bertz CT molecular complexity index is 801. The van der Waals surface area contributed by atoms with Gasteiger partial charge in [0.15, 0.2) is 11.5 Å². The second kappa shape index (κ2) is 6.96. The fourth-order valence-corrected chi connectivity index (χ4v) is 2.51. The van der Waals surface area contributed by atoms with Crippen molar-refractivity contribution in [1.82, 2.24) is 0 Å². The lowest BCUT2D eigenvalue weighted by atomic mass is 9.98. The van der Waals surface area contributed by atoms with E-state index in [-0.39, 0.29) is 5.41 Å². The first-order valence-electron chi connectivity index (χ1n) is 8.34. The van der Waals surface area contributed by atoms with Crippen LogP contribution in [0.1, 0.15) is 26.3 Å². The van der Waals surface area contributed by atoms with Gasteiger partial charge in [-0.2, -0.15) is 0 Å². The van der Waals surface area contributed by atoms with Gasteiger partial charge in [0.1, 0.15) is 6.61 Å². The highest BCUT2D eigenvalue weighted by atomic mass is 16.5. The summed E-state index contributed by atoms with van der Waals surface area (Å²) in [5, 5.41) is 2.25. The molecule has 0 unspecified atom stereocenters. The monoisotopic (exact) mass is 320 g/mol. The van der Waals surface area contributed by atoms with Gasteiger partial charge in [0.2, 0.25) is 0 Å². The van der Waals surface area contributed by atoms with Crippen molar-refractivity contribution < 1.29 is 9.47 Å². The van der Waals surface area contributed by atoms with Gasteiger partial charge in [-0.15, -0.1) is 0 Å². The number of hydrogen-bond acceptors (Lipinski definition) is 2. The molecule has 0 amide bonds. The van der Waals surface area contributed by atoms with E-state index in [0.29, 0.717) is 13.2 Å². The molecule has 0 fully saturated rings. The zero-order valence-corrected chi connectivity index (χ0v) is 14.6. The molecule has 0 aliphatic carbocycles. The molecule has 0 aliphatic heterocycles. The average molecular weight is 320 g/mol. The second-order valence-electron chi connectivity index (χ2n) is 7.24. The van der Waals surface area contributed by atoms with Crippen molar-refractivity contribution in [2.75, 3.05) is 6.61 Å². The predicted molar refractivity (Wildman–Crippen MR) is 99.7 cm³/mol. The maximum Gasteiger partial charge on any atom is 0.169 e. The molecule has 2 heteroatoms. The Kier molecular flexibility index (Phi) is 4.75. The largest absolute Gasteiger partial charge is 0.488 e. The maximum absolute atomic E-state index is 6.18. The van der Waals surface area contributed by atoms with E-state index < -0.39 is 0 Å². The highest BCUT2D eigenvalue weighted by molar-refractivity contribution is 5.90. The van der Waals surface area contributed by atoms with Crippen LogP contribution in [0.25, 0.3) is 10.8 Å². The Hall–Kier alpha value is -2.48. The normalized spacial score (nSPS) is 11.5. The summed E-state index contributed by atoms with van der Waals surface area (Å²) >= 11 is 0. The maximum atomic E-state index is 6.18. The minimum absolute atomic E-state index is 0.0909. The van der Waals surface area contributed by atoms with Crippen molar-refractivity contribution in [2.45, 2.75) is 27.4 Å². The molecular formula is C22H24O2. The van der Waals surface area contributed by atoms with E-state index in [2.05, 4.69) is 51.1 Å². The fourth-order valence-electron chi connectivity index (χ4n) is 2.51. The second-order valence-corrected chi connectivity index (χ2v) is 7.24. The highest BCUT2D eigenvalue weighted by Gasteiger charge is 2.16. The highest BCUT2D eigenvalue weighted by Crippen LogP contribution is 2.37. The molecule has 0 saturated heterocycles. The van der Waals surface area contributed by atoms with Crippen LogP contribution in [0, 0.1) is 5.41 Å². The van der Waals surface area contributed by atoms with Gasteiger partial charge in [0.05, 0.1) is 6.61 Å². The first kappa shape index (κ1) is 16.4. The predicted octanol–water partition coefficient (Wildman–Crippen LogP) is 5.84. The van der Waals surface area contributed by atoms with Crippen LogP contribution in [-0.2, 0) is 6.61 Å². The molecule has 0 atom stereocenters. The molecular weight excluding hydrogens is 296 g/mol. The molecule has 0 saturated carbocycles. The van der Waals surface area contributed by atoms with Gasteiger partial charge >= 0.3 is 0 Å². The fraction of sp³-hybridized carbons (Fsp3) is 0.273. The minimum atomic E-state index is 0.0909. The lowest BCUT2D eigenvalue weighted by Crippen LogP contribution is -2.17. The molecule has 0 aliphatic rings. The van der Waals surface area contributed by atoms with E-state index in [1.165, 1.54) is 0 Å². The van der Waals surface area contributed by atoms with Crippen LogP contribution in [0.5, 0.6) is 11.5 Å². The van der Waals surface area contributed by atoms with Gasteiger partial charge in [-0.3, -0.25) is 0 Å². The van der Waals surface area contributed by atoms with E-state index in [0.717, 1.165) is 27.8 Å². The Balaban J connectivity index is 1.90. The van der Waals surface area contributed by atoms with Gasteiger partial charge in [-0.05, 0) is 22.4 Å². The van der Waals surface area contributed by atoms with Crippen LogP contribution in [0.2, 0.25) is 0 Å². The average Bonchev–Trinajstić information content (AvgIpc) is 2.58. The van der Waals surface area contributed by atoms with E-state index in [4.69, 9.17) is 9.47 Å². The quantitative estimate of drug-likeness (QED) is 0.587. The SMILES string of the molecule is CC(C)(C)COc1c(OCc2ccccc2)ccc2ccccc12. The molecule has 3 aromatic carbocycles. The van der Waals surface area contributed by atoms with Crippen molar-refractivity contribution in [3.05, 3.63) is 72.3 Å². The van der Waals surface area contributed by atoms with E-state index in [9.17, 15) is 0 Å². The molecule has 0 heterocycles. The molecule has 2 nitrogen and oxygen atoms in total. The van der Waals surface area contributed by atoms with Gasteiger partial charge in [0, 0.05) is 5.39 Å². The third kappa shape index (κ3) is 4.08. The van der Waals surface area contributed by atoms with Crippen LogP contribution < -0.4 is 9.47 Å². The first-order valence-corrected chi connectivity index (χ1v) is 8.34. The van der Waals surface area contributed by atoms with Crippen molar-refractivity contribution in [2.24, 2.45) is 5.41 Å². The zero-order valence-electron chi connectivity index (χ0n) is 14.6. The summed E-state index contributed by atoms with van der Waals surface area (Å²) < 4.78 is 12.2. The summed E-state index contributed by atoms with van der Waals surface area (Å²) in [5.41, 5.74) is 1.24. The van der Waals surface area contributed by atoms with E-state index in [1.807, 2.05) is 36.4 Å². The third-order valence-electron chi connectivity index (χ3n) is 3.73. The molecule has 0 spiro atoms. The van der Waals surface area contributed by atoms with Crippen molar-refractivity contribution in [3.8, 4) is 11.5 Å². The summed E-state index contributed by atoms with van der Waals surface area (Å²) in [7, 11) is 0. The number of benzene rings is 3. The topological polar surface area (TPSA) is 18.5 Å².